The van der Waals surface area contributed by atoms with Gasteiger partial charge in [0.25, 0.3) is 0 Å². The highest BCUT2D eigenvalue weighted by Crippen LogP contribution is 2.41. The van der Waals surface area contributed by atoms with E-state index < -0.39 is 0 Å². The summed E-state index contributed by atoms with van der Waals surface area (Å²) in [5.74, 6) is 0.733. The van der Waals surface area contributed by atoms with Gasteiger partial charge in [0.15, 0.2) is 0 Å². The van der Waals surface area contributed by atoms with Crippen LogP contribution in [-0.4, -0.2) is 34.5 Å². The minimum absolute atomic E-state index is 0.0397. The fourth-order valence-corrected chi connectivity index (χ4v) is 4.14. The molecular weight excluding hydrogens is 364 g/mol. The maximum Gasteiger partial charge on any atom is 0.223 e. The Bertz CT molecular complexity index is 885. The highest BCUT2D eigenvalue weighted by atomic mass is 35.5. The lowest BCUT2D eigenvalue weighted by molar-refractivity contribution is -0.120. The summed E-state index contributed by atoms with van der Waals surface area (Å²) in [4.78, 5) is 27.1. The number of carbonyl (C=O) groups excluding carboxylic acids is 1. The fraction of sp³-hybridized carbons (Fsp3) is 0.474. The second-order valence-electron chi connectivity index (χ2n) is 6.89. The number of rotatable bonds is 5. The molecule has 0 bridgehead atoms. The van der Waals surface area contributed by atoms with E-state index in [2.05, 4.69) is 39.0 Å². The van der Waals surface area contributed by atoms with Gasteiger partial charge in [-0.2, -0.15) is 4.98 Å². The van der Waals surface area contributed by atoms with Crippen LogP contribution < -0.4 is 16.0 Å². The number of halogens is 1. The third kappa shape index (κ3) is 3.69. The van der Waals surface area contributed by atoms with Gasteiger partial charge in [-0.25, -0.2) is 4.98 Å². The van der Waals surface area contributed by atoms with E-state index in [1.807, 2.05) is 13.1 Å². The monoisotopic (exact) mass is 388 g/mol. The van der Waals surface area contributed by atoms with E-state index >= 15 is 0 Å². The molecule has 2 aromatic heterocycles. The molecule has 0 aromatic carbocycles. The number of carbonyl (C=O) groups is 1. The van der Waals surface area contributed by atoms with Crippen LogP contribution in [0.25, 0.3) is 0 Å². The lowest BCUT2D eigenvalue weighted by Crippen LogP contribution is -2.26. The molecular formula is C19H25ClN6O. The first-order chi connectivity index (χ1) is 12.8. The average Bonchev–Trinajstić information content (AvgIpc) is 2.95. The van der Waals surface area contributed by atoms with Crippen LogP contribution >= 0.6 is 11.6 Å². The Morgan fingerprint density at radius 1 is 1.41 bits per heavy atom. The lowest BCUT2D eigenvalue weighted by atomic mass is 10.00. The quantitative estimate of drug-likeness (QED) is 0.764. The second kappa shape index (κ2) is 7.68. The highest BCUT2D eigenvalue weighted by molar-refractivity contribution is 6.30. The first-order valence-corrected chi connectivity index (χ1v) is 9.45. The molecule has 3 heterocycles. The van der Waals surface area contributed by atoms with E-state index in [0.29, 0.717) is 30.5 Å². The summed E-state index contributed by atoms with van der Waals surface area (Å²) < 4.78 is 0. The number of nitrogens with one attached hydrogen (secondary N) is 1. The van der Waals surface area contributed by atoms with Gasteiger partial charge in [0.1, 0.15) is 11.0 Å². The maximum atomic E-state index is 11.9. The van der Waals surface area contributed by atoms with Crippen LogP contribution in [0.5, 0.6) is 0 Å². The number of fused-ring (bicyclic) bond motifs is 1. The molecule has 1 unspecified atom stereocenters. The van der Waals surface area contributed by atoms with Crippen LogP contribution in [0.15, 0.2) is 6.20 Å². The SMILES string of the molecule is CCc1c(C)ncc(CN2CC(CC(=O)NC)c3c(Cl)nc(N)nc32)c1C. The third-order valence-corrected chi connectivity index (χ3v) is 5.54. The minimum atomic E-state index is -0.0718. The van der Waals surface area contributed by atoms with Crippen molar-refractivity contribution in [3.05, 3.63) is 39.3 Å². The Hall–Kier alpha value is -2.41. The summed E-state index contributed by atoms with van der Waals surface area (Å²) in [6, 6.07) is 0. The predicted molar refractivity (Wildman–Crippen MR) is 107 cm³/mol. The standard InChI is InChI=1S/C19H25ClN6O/c1-5-14-10(2)13(7-23-11(14)3)9-26-8-12(6-15(27)22-4)16-17(20)24-19(21)25-18(16)26/h7,12H,5-6,8-9H2,1-4H3,(H,22,27)(H2,21,24,25). The topological polar surface area (TPSA) is 97.0 Å². The molecule has 0 radical (unpaired) electrons. The Morgan fingerprint density at radius 2 is 2.15 bits per heavy atom. The molecule has 8 heteroatoms. The van der Waals surface area contributed by atoms with Crippen LogP contribution in [0, 0.1) is 13.8 Å². The van der Waals surface area contributed by atoms with E-state index in [1.54, 1.807) is 7.05 Å². The number of hydrogen-bond acceptors (Lipinski definition) is 6. The van der Waals surface area contributed by atoms with Crippen molar-refractivity contribution in [2.45, 2.75) is 46.1 Å². The number of aryl methyl sites for hydroxylation is 1. The van der Waals surface area contributed by atoms with E-state index in [0.717, 1.165) is 23.2 Å². The molecule has 0 saturated heterocycles. The lowest BCUT2D eigenvalue weighted by Gasteiger charge is -2.21. The Balaban J connectivity index is 1.97. The molecule has 27 heavy (non-hydrogen) atoms. The fourth-order valence-electron chi connectivity index (χ4n) is 3.82. The number of hydrogen-bond donors (Lipinski definition) is 2. The van der Waals surface area contributed by atoms with Gasteiger partial charge in [-0.1, -0.05) is 18.5 Å². The summed E-state index contributed by atoms with van der Waals surface area (Å²) in [5, 5.41) is 2.99. The van der Waals surface area contributed by atoms with Crippen LogP contribution in [0.2, 0.25) is 5.15 Å². The van der Waals surface area contributed by atoms with Gasteiger partial charge in [0.05, 0.1) is 0 Å². The summed E-state index contributed by atoms with van der Waals surface area (Å²) in [6.45, 7) is 7.57. The van der Waals surface area contributed by atoms with Crippen LogP contribution in [-0.2, 0) is 17.8 Å². The van der Waals surface area contributed by atoms with Crippen molar-refractivity contribution in [2.75, 3.05) is 24.2 Å². The van der Waals surface area contributed by atoms with E-state index in [4.69, 9.17) is 17.3 Å². The van der Waals surface area contributed by atoms with Gasteiger partial charge in [-0.3, -0.25) is 9.78 Å². The van der Waals surface area contributed by atoms with Crippen LogP contribution in [0.3, 0.4) is 0 Å². The number of pyridine rings is 1. The maximum absolute atomic E-state index is 11.9. The Kier molecular flexibility index (Phi) is 5.51. The summed E-state index contributed by atoms with van der Waals surface area (Å²) in [6.07, 6.45) is 3.19. The number of anilines is 2. The van der Waals surface area contributed by atoms with Crippen LogP contribution in [0.4, 0.5) is 11.8 Å². The number of aromatic nitrogens is 3. The number of amides is 1. The molecule has 2 aromatic rings. The largest absolute Gasteiger partial charge is 0.368 e. The first kappa shape index (κ1) is 19.4. The molecule has 1 amide bonds. The third-order valence-electron chi connectivity index (χ3n) is 5.26. The van der Waals surface area contributed by atoms with Gasteiger partial charge < -0.3 is 16.0 Å². The molecule has 1 atom stereocenters. The molecule has 0 fully saturated rings. The molecule has 1 aliphatic rings. The zero-order valence-corrected chi connectivity index (χ0v) is 16.9. The minimum Gasteiger partial charge on any atom is -0.368 e. The normalized spacial score (nSPS) is 15.7. The van der Waals surface area contributed by atoms with Crippen molar-refractivity contribution >= 4 is 29.3 Å². The Labute approximate surface area is 164 Å². The van der Waals surface area contributed by atoms with Crippen LogP contribution in [0.1, 0.15) is 47.2 Å². The van der Waals surface area contributed by atoms with Gasteiger partial charge in [0, 0.05) is 49.9 Å². The van der Waals surface area contributed by atoms with Gasteiger partial charge >= 0.3 is 0 Å². The number of nitrogen functional groups attached to an aromatic ring is 1. The van der Waals surface area contributed by atoms with Crippen molar-refractivity contribution in [1.29, 1.82) is 0 Å². The molecule has 144 valence electrons. The highest BCUT2D eigenvalue weighted by Gasteiger charge is 2.35. The summed E-state index contributed by atoms with van der Waals surface area (Å²) >= 11 is 6.36. The predicted octanol–water partition coefficient (Wildman–Crippen LogP) is 2.53. The first-order valence-electron chi connectivity index (χ1n) is 9.08. The molecule has 3 N–H and O–H groups in total. The number of nitrogens with zero attached hydrogens (tertiary/aromatic N) is 4. The molecule has 0 spiro atoms. The average molecular weight is 389 g/mol. The van der Waals surface area contributed by atoms with Crippen molar-refractivity contribution in [2.24, 2.45) is 0 Å². The molecule has 0 saturated carbocycles. The van der Waals surface area contributed by atoms with Crippen molar-refractivity contribution < 1.29 is 4.79 Å². The molecule has 7 nitrogen and oxygen atoms in total. The molecule has 1 aliphatic heterocycles. The van der Waals surface area contributed by atoms with Gasteiger partial charge in [0.2, 0.25) is 11.9 Å². The van der Waals surface area contributed by atoms with Gasteiger partial charge in [-0.15, -0.1) is 0 Å². The van der Waals surface area contributed by atoms with Gasteiger partial charge in [-0.05, 0) is 37.0 Å². The smallest absolute Gasteiger partial charge is 0.223 e. The zero-order chi connectivity index (χ0) is 19.7. The summed E-state index contributed by atoms with van der Waals surface area (Å²) in [7, 11) is 1.63. The molecule has 3 rings (SSSR count). The Morgan fingerprint density at radius 3 is 2.81 bits per heavy atom. The summed E-state index contributed by atoms with van der Waals surface area (Å²) in [5.41, 5.74) is 11.3. The van der Waals surface area contributed by atoms with E-state index in [-0.39, 0.29) is 17.8 Å². The van der Waals surface area contributed by atoms with E-state index in [1.165, 1.54) is 11.1 Å². The van der Waals surface area contributed by atoms with Crippen molar-refractivity contribution in [1.82, 2.24) is 20.3 Å². The number of nitrogens with two attached hydrogens (primary N) is 1. The van der Waals surface area contributed by atoms with Crippen molar-refractivity contribution in [3.8, 4) is 0 Å². The zero-order valence-electron chi connectivity index (χ0n) is 16.1. The van der Waals surface area contributed by atoms with E-state index in [9.17, 15) is 4.79 Å². The van der Waals surface area contributed by atoms with Crippen molar-refractivity contribution in [3.63, 3.8) is 0 Å². The molecule has 0 aliphatic carbocycles. The second-order valence-corrected chi connectivity index (χ2v) is 7.25.